The average Bonchev–Trinajstić information content (AvgIpc) is 2.81. The van der Waals surface area contributed by atoms with E-state index in [1.165, 1.54) is 4.68 Å². The predicted molar refractivity (Wildman–Crippen MR) is 68.3 cm³/mol. The molecule has 0 saturated carbocycles. The monoisotopic (exact) mass is 278 g/mol. The fraction of sp³-hybridized carbons (Fsp3) is 0.0769. The van der Waals surface area contributed by atoms with Crippen LogP contribution in [-0.2, 0) is 6.18 Å². The third kappa shape index (κ3) is 2.07. The van der Waals surface area contributed by atoms with E-state index in [-0.39, 0.29) is 5.82 Å². The van der Waals surface area contributed by atoms with E-state index in [9.17, 15) is 13.2 Å². The summed E-state index contributed by atoms with van der Waals surface area (Å²) in [6, 6.07) is 6.97. The molecule has 0 radical (unpaired) electrons. The van der Waals surface area contributed by atoms with Crippen molar-refractivity contribution in [1.29, 1.82) is 0 Å². The van der Waals surface area contributed by atoms with Crippen LogP contribution in [0.2, 0.25) is 0 Å². The summed E-state index contributed by atoms with van der Waals surface area (Å²) in [5.74, 6) is 0.0976. The van der Waals surface area contributed by atoms with Crippen molar-refractivity contribution in [2.24, 2.45) is 0 Å². The van der Waals surface area contributed by atoms with Crippen LogP contribution in [0.25, 0.3) is 16.7 Å². The van der Waals surface area contributed by atoms with Gasteiger partial charge in [0.2, 0.25) is 0 Å². The Bertz CT molecular complexity index is 777. The molecule has 7 heteroatoms. The fourth-order valence-corrected chi connectivity index (χ4v) is 1.93. The Labute approximate surface area is 111 Å². The number of aromatic nitrogens is 3. The lowest BCUT2D eigenvalue weighted by Gasteiger charge is -2.08. The molecule has 0 saturated heterocycles. The average molecular weight is 278 g/mol. The van der Waals surface area contributed by atoms with E-state index >= 15 is 0 Å². The van der Waals surface area contributed by atoms with Crippen molar-refractivity contribution in [3.8, 4) is 5.82 Å². The first-order chi connectivity index (χ1) is 9.45. The number of hydrogen-bond donors (Lipinski definition) is 1. The van der Waals surface area contributed by atoms with E-state index < -0.39 is 11.7 Å². The lowest BCUT2D eigenvalue weighted by Crippen LogP contribution is -2.08. The van der Waals surface area contributed by atoms with Crippen LogP contribution in [0.3, 0.4) is 0 Å². The van der Waals surface area contributed by atoms with Gasteiger partial charge < -0.3 is 5.73 Å². The summed E-state index contributed by atoms with van der Waals surface area (Å²) in [4.78, 5) is 3.93. The van der Waals surface area contributed by atoms with Gasteiger partial charge in [-0.2, -0.15) is 18.3 Å². The minimum atomic E-state index is -4.42. The number of rotatable bonds is 1. The van der Waals surface area contributed by atoms with Crippen LogP contribution in [-0.4, -0.2) is 14.8 Å². The Balaban J connectivity index is 2.18. The molecule has 0 fully saturated rings. The third-order valence-corrected chi connectivity index (χ3v) is 2.88. The fourth-order valence-electron chi connectivity index (χ4n) is 1.93. The van der Waals surface area contributed by atoms with Crippen LogP contribution in [0.4, 0.5) is 18.9 Å². The van der Waals surface area contributed by atoms with E-state index in [0.29, 0.717) is 11.2 Å². The number of nitrogen functional groups attached to an aromatic ring is 1. The number of nitrogens with zero attached hydrogens (tertiary/aromatic N) is 3. The lowest BCUT2D eigenvalue weighted by atomic mass is 10.2. The van der Waals surface area contributed by atoms with Gasteiger partial charge in [-0.1, -0.05) is 0 Å². The maximum Gasteiger partial charge on any atom is 0.416 e. The Morgan fingerprint density at radius 3 is 2.65 bits per heavy atom. The maximum atomic E-state index is 12.7. The van der Waals surface area contributed by atoms with Crippen LogP contribution in [0, 0.1) is 0 Å². The van der Waals surface area contributed by atoms with Gasteiger partial charge in [-0.3, -0.25) is 0 Å². The summed E-state index contributed by atoms with van der Waals surface area (Å²) in [6.07, 6.45) is -1.76. The second-order valence-corrected chi connectivity index (χ2v) is 4.28. The summed E-state index contributed by atoms with van der Waals surface area (Å²) < 4.78 is 39.5. The van der Waals surface area contributed by atoms with Crippen molar-refractivity contribution >= 4 is 16.6 Å². The van der Waals surface area contributed by atoms with Crippen LogP contribution < -0.4 is 5.73 Å². The van der Waals surface area contributed by atoms with Gasteiger partial charge >= 0.3 is 6.18 Å². The predicted octanol–water partition coefficient (Wildman–Crippen LogP) is 3.02. The molecule has 102 valence electrons. The molecule has 3 rings (SSSR count). The van der Waals surface area contributed by atoms with E-state index in [1.807, 2.05) is 0 Å². The minimum absolute atomic E-state index is 0.0976. The van der Waals surface area contributed by atoms with E-state index in [0.717, 1.165) is 23.7 Å². The summed E-state index contributed by atoms with van der Waals surface area (Å²) in [5.41, 5.74) is 6.03. The van der Waals surface area contributed by atoms with Gasteiger partial charge in [0, 0.05) is 17.3 Å². The highest BCUT2D eigenvalue weighted by Crippen LogP contribution is 2.30. The molecular formula is C13H9F3N4. The molecule has 2 N–H and O–H groups in total. The molecule has 4 nitrogen and oxygen atoms in total. The van der Waals surface area contributed by atoms with Crippen molar-refractivity contribution in [1.82, 2.24) is 14.8 Å². The highest BCUT2D eigenvalue weighted by Gasteiger charge is 2.31. The van der Waals surface area contributed by atoms with Crippen LogP contribution in [0.5, 0.6) is 0 Å². The largest absolute Gasteiger partial charge is 0.416 e. The number of hydrogen-bond acceptors (Lipinski definition) is 3. The maximum absolute atomic E-state index is 12.7. The summed E-state index contributed by atoms with van der Waals surface area (Å²) in [6.45, 7) is 0. The number of nitrogens with two attached hydrogens (primary N) is 1. The Kier molecular flexibility index (Phi) is 2.63. The molecule has 0 aliphatic carbocycles. The zero-order valence-electron chi connectivity index (χ0n) is 10.1. The topological polar surface area (TPSA) is 56.7 Å². The van der Waals surface area contributed by atoms with Crippen LogP contribution in [0.1, 0.15) is 5.56 Å². The molecule has 0 unspecified atom stereocenters. The van der Waals surface area contributed by atoms with Crippen molar-refractivity contribution in [2.45, 2.75) is 6.18 Å². The number of fused-ring (bicyclic) bond motifs is 1. The van der Waals surface area contributed by atoms with Gasteiger partial charge in [0.1, 0.15) is 0 Å². The van der Waals surface area contributed by atoms with E-state index in [2.05, 4.69) is 10.1 Å². The first-order valence-corrected chi connectivity index (χ1v) is 5.72. The highest BCUT2D eigenvalue weighted by molar-refractivity contribution is 5.83. The van der Waals surface area contributed by atoms with E-state index in [4.69, 9.17) is 5.73 Å². The van der Waals surface area contributed by atoms with Crippen LogP contribution >= 0.6 is 0 Å². The summed E-state index contributed by atoms with van der Waals surface area (Å²) in [7, 11) is 0. The Hall–Kier alpha value is -2.57. The molecule has 1 aromatic carbocycles. The standard InChI is InChI=1S/C13H9F3N4/c14-13(15,16)9-3-4-18-12(5-9)20-11-6-10(17)2-1-8(11)7-19-20/h1-7H,17H2. The molecule has 2 aromatic heterocycles. The van der Waals surface area contributed by atoms with Gasteiger partial charge in [-0.15, -0.1) is 0 Å². The molecule has 0 amide bonds. The molecule has 0 spiro atoms. The van der Waals surface area contributed by atoms with Gasteiger partial charge in [0.05, 0.1) is 17.3 Å². The molecule has 0 aliphatic rings. The zero-order chi connectivity index (χ0) is 14.3. The normalized spacial score (nSPS) is 11.9. The molecular weight excluding hydrogens is 269 g/mol. The smallest absolute Gasteiger partial charge is 0.399 e. The lowest BCUT2D eigenvalue weighted by molar-refractivity contribution is -0.137. The van der Waals surface area contributed by atoms with Gasteiger partial charge in [-0.25, -0.2) is 9.67 Å². The molecule has 0 atom stereocenters. The number of benzene rings is 1. The van der Waals surface area contributed by atoms with Crippen molar-refractivity contribution in [3.63, 3.8) is 0 Å². The van der Waals surface area contributed by atoms with Gasteiger partial charge in [0.25, 0.3) is 0 Å². The number of anilines is 1. The minimum Gasteiger partial charge on any atom is -0.399 e. The highest BCUT2D eigenvalue weighted by atomic mass is 19.4. The first kappa shape index (κ1) is 12.5. The van der Waals surface area contributed by atoms with Crippen molar-refractivity contribution < 1.29 is 13.2 Å². The number of halogens is 3. The van der Waals surface area contributed by atoms with Gasteiger partial charge in [-0.05, 0) is 30.3 Å². The van der Waals surface area contributed by atoms with Crippen molar-refractivity contribution in [2.75, 3.05) is 5.73 Å². The third-order valence-electron chi connectivity index (χ3n) is 2.88. The SMILES string of the molecule is Nc1ccc2cnn(-c3cc(C(F)(F)F)ccn3)c2c1. The van der Waals surface area contributed by atoms with Crippen LogP contribution in [0.15, 0.2) is 42.7 Å². The molecule has 0 bridgehead atoms. The van der Waals surface area contributed by atoms with Crippen molar-refractivity contribution in [3.05, 3.63) is 48.3 Å². The zero-order valence-corrected chi connectivity index (χ0v) is 10.1. The number of alkyl halides is 3. The second kappa shape index (κ2) is 4.22. The molecule has 2 heterocycles. The summed E-state index contributed by atoms with van der Waals surface area (Å²) in [5, 5.41) is 4.84. The molecule has 3 aromatic rings. The van der Waals surface area contributed by atoms with Gasteiger partial charge in [0.15, 0.2) is 5.82 Å². The molecule has 20 heavy (non-hydrogen) atoms. The quantitative estimate of drug-likeness (QED) is 0.696. The Morgan fingerprint density at radius 1 is 1.10 bits per heavy atom. The summed E-state index contributed by atoms with van der Waals surface area (Å²) >= 11 is 0. The number of pyridine rings is 1. The second-order valence-electron chi connectivity index (χ2n) is 4.28. The first-order valence-electron chi connectivity index (χ1n) is 5.72. The van der Waals surface area contributed by atoms with E-state index in [1.54, 1.807) is 24.4 Å². The Morgan fingerprint density at radius 2 is 1.90 bits per heavy atom. The molecule has 0 aliphatic heterocycles.